The highest BCUT2D eigenvalue weighted by Crippen LogP contribution is 2.74. The van der Waals surface area contributed by atoms with E-state index < -0.39 is 7.26 Å². The maximum absolute atomic E-state index is 6.62. The standard InChI is InChI=1S/C19H28ClP/c1-2-16-11-13-19(14-12-16)21(15-20,17-7-3-4-8-17)18-9-5-6-10-18/h11-15,17-18H,2-10H2,1H3. The molecule has 0 unspecified atom stereocenters. The highest BCUT2D eigenvalue weighted by molar-refractivity contribution is 7.87. The van der Waals surface area contributed by atoms with E-state index in [2.05, 4.69) is 36.8 Å². The van der Waals surface area contributed by atoms with Gasteiger partial charge in [0.2, 0.25) is 0 Å². The summed E-state index contributed by atoms with van der Waals surface area (Å²) in [5, 5.41) is 1.59. The van der Waals surface area contributed by atoms with Crippen LogP contribution in [0.4, 0.5) is 0 Å². The van der Waals surface area contributed by atoms with Crippen molar-refractivity contribution in [2.45, 2.75) is 76.0 Å². The first-order chi connectivity index (χ1) is 10.3. The van der Waals surface area contributed by atoms with Crippen molar-refractivity contribution in [1.29, 1.82) is 0 Å². The highest BCUT2D eigenvalue weighted by Gasteiger charge is 2.48. The molecule has 0 spiro atoms. The average Bonchev–Trinajstić information content (AvgIpc) is 3.23. The van der Waals surface area contributed by atoms with E-state index in [4.69, 9.17) is 11.6 Å². The molecule has 116 valence electrons. The Bertz CT molecular complexity index is 425. The van der Waals surface area contributed by atoms with E-state index in [9.17, 15) is 0 Å². The average molecular weight is 323 g/mol. The number of halogens is 1. The van der Waals surface area contributed by atoms with Gasteiger partial charge in [0, 0.05) is 11.3 Å². The van der Waals surface area contributed by atoms with Crippen LogP contribution in [-0.4, -0.2) is 11.3 Å². The summed E-state index contributed by atoms with van der Waals surface area (Å²) in [5.74, 6) is 0. The zero-order valence-electron chi connectivity index (χ0n) is 13.2. The Kier molecular flexibility index (Phi) is 5.28. The molecular formula is C19H28ClP. The lowest BCUT2D eigenvalue weighted by atomic mass is 10.2. The van der Waals surface area contributed by atoms with Crippen molar-refractivity contribution in [1.82, 2.24) is 0 Å². The van der Waals surface area contributed by atoms with Crippen molar-refractivity contribution in [2.24, 2.45) is 0 Å². The minimum absolute atomic E-state index is 0.866. The minimum Gasteiger partial charge on any atom is -0.304 e. The number of hydrogen-bond donors (Lipinski definition) is 0. The van der Waals surface area contributed by atoms with Gasteiger partial charge >= 0.3 is 0 Å². The molecule has 1 aromatic rings. The van der Waals surface area contributed by atoms with E-state index >= 15 is 0 Å². The molecule has 2 aliphatic carbocycles. The number of rotatable bonds is 5. The van der Waals surface area contributed by atoms with Crippen molar-refractivity contribution in [3.63, 3.8) is 0 Å². The lowest BCUT2D eigenvalue weighted by molar-refractivity contribution is 0.823. The molecule has 2 fully saturated rings. The summed E-state index contributed by atoms with van der Waals surface area (Å²) in [6, 6.07) is 9.52. The van der Waals surface area contributed by atoms with Crippen LogP contribution in [0.15, 0.2) is 24.3 Å². The lowest BCUT2D eigenvalue weighted by Crippen LogP contribution is -2.29. The summed E-state index contributed by atoms with van der Waals surface area (Å²) in [4.78, 5) is 0. The zero-order valence-corrected chi connectivity index (χ0v) is 14.9. The molecule has 0 N–H and O–H groups in total. The maximum atomic E-state index is 6.62. The third-order valence-corrected chi connectivity index (χ3v) is 11.7. The third-order valence-electron chi connectivity index (χ3n) is 5.81. The van der Waals surface area contributed by atoms with Crippen LogP contribution < -0.4 is 5.30 Å². The Morgan fingerprint density at radius 1 is 0.952 bits per heavy atom. The van der Waals surface area contributed by atoms with E-state index in [1.165, 1.54) is 56.9 Å². The van der Waals surface area contributed by atoms with Gasteiger partial charge in [-0.25, -0.2) is 0 Å². The van der Waals surface area contributed by atoms with Gasteiger partial charge in [-0.2, -0.15) is 0 Å². The monoisotopic (exact) mass is 322 g/mol. The molecular weight excluding hydrogens is 295 g/mol. The lowest BCUT2D eigenvalue weighted by Gasteiger charge is -2.43. The Labute approximate surface area is 136 Å². The molecule has 0 heterocycles. The van der Waals surface area contributed by atoms with E-state index in [1.54, 1.807) is 5.30 Å². The van der Waals surface area contributed by atoms with Gasteiger partial charge in [-0.1, -0.05) is 31.9 Å². The second-order valence-electron chi connectivity index (χ2n) is 6.83. The molecule has 2 heteroatoms. The summed E-state index contributed by atoms with van der Waals surface area (Å²) in [7, 11) is -1.31. The first-order valence-corrected chi connectivity index (χ1v) is 11.2. The molecule has 1 aromatic carbocycles. The molecule has 3 rings (SSSR count). The normalized spacial score (nSPS) is 21.2. The first kappa shape index (κ1) is 15.8. The molecule has 0 atom stereocenters. The number of benzene rings is 1. The summed E-state index contributed by atoms with van der Waals surface area (Å²) in [6.07, 6.45) is 12.4. The predicted octanol–water partition coefficient (Wildman–Crippen LogP) is 6.14. The molecule has 2 aliphatic rings. The van der Waals surface area contributed by atoms with Gasteiger partial charge in [0.05, 0.1) is 5.30 Å². The first-order valence-electron chi connectivity index (χ1n) is 8.73. The Hall–Kier alpha value is -0.0600. The second-order valence-corrected chi connectivity index (χ2v) is 11.3. The largest absolute Gasteiger partial charge is 0.304 e. The molecule has 0 nitrogen and oxygen atoms in total. The fourth-order valence-electron chi connectivity index (χ4n) is 4.59. The molecule has 0 radical (unpaired) electrons. The third kappa shape index (κ3) is 2.91. The number of hydrogen-bond acceptors (Lipinski definition) is 0. The quantitative estimate of drug-likeness (QED) is 0.451. The molecule has 2 saturated carbocycles. The molecule has 0 bridgehead atoms. The topological polar surface area (TPSA) is 0 Å². The zero-order chi connectivity index (χ0) is 14.7. The van der Waals surface area contributed by atoms with Crippen LogP contribution in [0.3, 0.4) is 0 Å². The fraction of sp³-hybridized carbons (Fsp3) is 0.632. The van der Waals surface area contributed by atoms with Gasteiger partial charge < -0.3 is 11.6 Å². The fourth-order valence-corrected chi connectivity index (χ4v) is 10.9. The van der Waals surface area contributed by atoms with Crippen molar-refractivity contribution in [3.8, 4) is 0 Å². The molecule has 0 saturated heterocycles. The Balaban J connectivity index is 1.99. The SMILES string of the molecule is CCc1ccc([P+]([CH-]Cl)(C2CCCC2)C2CCCC2)cc1. The molecule has 21 heavy (non-hydrogen) atoms. The van der Waals surface area contributed by atoms with Gasteiger partial charge in [0.1, 0.15) is 0 Å². The van der Waals surface area contributed by atoms with Crippen LogP contribution >= 0.6 is 18.9 Å². The molecule has 0 aliphatic heterocycles. The molecule has 0 aromatic heterocycles. The summed E-state index contributed by atoms with van der Waals surface area (Å²) < 4.78 is 0. The van der Waals surface area contributed by atoms with Gasteiger partial charge in [-0.15, -0.1) is 0 Å². The van der Waals surface area contributed by atoms with E-state index in [-0.39, 0.29) is 0 Å². The van der Waals surface area contributed by atoms with E-state index in [0.717, 1.165) is 17.7 Å². The van der Waals surface area contributed by atoms with Gasteiger partial charge in [0.25, 0.3) is 0 Å². The van der Waals surface area contributed by atoms with E-state index in [1.807, 2.05) is 0 Å². The van der Waals surface area contributed by atoms with Crippen molar-refractivity contribution >= 4 is 24.2 Å². The minimum atomic E-state index is -1.31. The van der Waals surface area contributed by atoms with Crippen molar-refractivity contribution in [2.75, 3.05) is 0 Å². The van der Waals surface area contributed by atoms with Crippen LogP contribution in [-0.2, 0) is 6.42 Å². The van der Waals surface area contributed by atoms with Gasteiger partial charge in [0.15, 0.2) is 0 Å². The van der Waals surface area contributed by atoms with Crippen molar-refractivity contribution in [3.05, 3.63) is 35.5 Å². The Morgan fingerprint density at radius 2 is 1.43 bits per heavy atom. The summed E-state index contributed by atoms with van der Waals surface area (Å²) in [6.45, 7) is 2.24. The molecule has 0 amide bonds. The van der Waals surface area contributed by atoms with Gasteiger partial charge in [-0.05, 0) is 75.5 Å². The Morgan fingerprint density at radius 3 is 1.81 bits per heavy atom. The van der Waals surface area contributed by atoms with Crippen LogP contribution in [0.25, 0.3) is 0 Å². The second kappa shape index (κ2) is 7.01. The maximum Gasteiger partial charge on any atom is 0.0664 e. The summed E-state index contributed by atoms with van der Waals surface area (Å²) >= 11 is 6.62. The number of aryl methyl sites for hydroxylation is 1. The van der Waals surface area contributed by atoms with E-state index in [0.29, 0.717) is 0 Å². The highest BCUT2D eigenvalue weighted by atomic mass is 35.5. The predicted molar refractivity (Wildman–Crippen MR) is 97.0 cm³/mol. The van der Waals surface area contributed by atoms with Crippen LogP contribution in [0.2, 0.25) is 0 Å². The van der Waals surface area contributed by atoms with Crippen LogP contribution in [0.5, 0.6) is 0 Å². The van der Waals surface area contributed by atoms with Crippen LogP contribution in [0.1, 0.15) is 63.9 Å². The summed E-state index contributed by atoms with van der Waals surface area (Å²) in [5.41, 5.74) is 5.36. The van der Waals surface area contributed by atoms with Crippen LogP contribution in [0, 0.1) is 5.62 Å². The smallest absolute Gasteiger partial charge is 0.0664 e. The van der Waals surface area contributed by atoms with Gasteiger partial charge in [-0.3, -0.25) is 0 Å². The van der Waals surface area contributed by atoms with Crippen molar-refractivity contribution < 1.29 is 0 Å².